The maximum absolute atomic E-state index is 13.5. The summed E-state index contributed by atoms with van der Waals surface area (Å²) in [5, 5.41) is 6.92. The molecule has 1 aliphatic rings. The number of aryl methyl sites for hydroxylation is 3. The Labute approximate surface area is 191 Å². The van der Waals surface area contributed by atoms with E-state index >= 15 is 0 Å². The fourth-order valence-electron chi connectivity index (χ4n) is 3.67. The van der Waals surface area contributed by atoms with Crippen molar-refractivity contribution in [1.82, 2.24) is 15.0 Å². The molecular formula is C24H27FN4O2S. The van der Waals surface area contributed by atoms with Gasteiger partial charge in [-0.1, -0.05) is 17.3 Å². The first-order valence-corrected chi connectivity index (χ1v) is 11.9. The van der Waals surface area contributed by atoms with E-state index in [1.807, 2.05) is 24.8 Å². The second-order valence-corrected chi connectivity index (χ2v) is 9.29. The standard InChI is InChI=1S/C24H27FN4O2S/c1-16-14-19(4-5-20(16)25)24-27-23(31-28-24)8-7-22(30)26-21-6-3-18(13-17(21)2)15-29-9-11-32-12-10-29/h3-6,13-14H,7-12,15H2,1-2H3,(H,26,30). The summed E-state index contributed by atoms with van der Waals surface area (Å²) >= 11 is 2.01. The van der Waals surface area contributed by atoms with Gasteiger partial charge in [-0.2, -0.15) is 16.7 Å². The molecule has 1 fully saturated rings. The zero-order valence-electron chi connectivity index (χ0n) is 18.4. The molecule has 0 atom stereocenters. The van der Waals surface area contributed by atoms with Crippen LogP contribution in [0.1, 0.15) is 29.0 Å². The summed E-state index contributed by atoms with van der Waals surface area (Å²) in [7, 11) is 0. The Hall–Kier alpha value is -2.71. The van der Waals surface area contributed by atoms with Crippen LogP contribution in [0.4, 0.5) is 10.1 Å². The molecule has 1 N–H and O–H groups in total. The molecule has 0 unspecified atom stereocenters. The lowest BCUT2D eigenvalue weighted by Gasteiger charge is -2.26. The second kappa shape index (κ2) is 10.3. The van der Waals surface area contributed by atoms with Gasteiger partial charge in [0.2, 0.25) is 17.6 Å². The smallest absolute Gasteiger partial charge is 0.227 e. The van der Waals surface area contributed by atoms with E-state index < -0.39 is 0 Å². The Balaban J connectivity index is 1.30. The number of aromatic nitrogens is 2. The lowest BCUT2D eigenvalue weighted by Crippen LogP contribution is -2.31. The Morgan fingerprint density at radius 1 is 1.16 bits per heavy atom. The number of nitrogens with one attached hydrogen (secondary N) is 1. The molecule has 3 aromatic rings. The van der Waals surface area contributed by atoms with E-state index in [4.69, 9.17) is 4.52 Å². The third kappa shape index (κ3) is 5.75. The number of carbonyl (C=O) groups excluding carboxylic acids is 1. The third-order valence-corrected chi connectivity index (χ3v) is 6.47. The van der Waals surface area contributed by atoms with Gasteiger partial charge in [0, 0.05) is 55.2 Å². The highest BCUT2D eigenvalue weighted by Crippen LogP contribution is 2.21. The van der Waals surface area contributed by atoms with Crippen molar-refractivity contribution in [3.63, 3.8) is 0 Å². The number of nitrogens with zero attached hydrogens (tertiary/aromatic N) is 3. The summed E-state index contributed by atoms with van der Waals surface area (Å²) in [6.45, 7) is 6.90. The molecule has 2 aromatic carbocycles. The van der Waals surface area contributed by atoms with E-state index in [9.17, 15) is 9.18 Å². The lowest BCUT2D eigenvalue weighted by atomic mass is 10.1. The molecule has 1 amide bonds. The minimum atomic E-state index is -0.275. The Morgan fingerprint density at radius 3 is 2.72 bits per heavy atom. The molecule has 0 aliphatic carbocycles. The van der Waals surface area contributed by atoms with Gasteiger partial charge in [0.1, 0.15) is 5.82 Å². The van der Waals surface area contributed by atoms with E-state index in [1.54, 1.807) is 19.1 Å². The molecule has 1 aliphatic heterocycles. The molecule has 32 heavy (non-hydrogen) atoms. The second-order valence-electron chi connectivity index (χ2n) is 8.06. The van der Waals surface area contributed by atoms with Crippen LogP contribution in [0.15, 0.2) is 40.9 Å². The number of hydrogen-bond donors (Lipinski definition) is 1. The molecular weight excluding hydrogens is 427 g/mol. The molecule has 0 bridgehead atoms. The van der Waals surface area contributed by atoms with Crippen LogP contribution in [-0.2, 0) is 17.8 Å². The van der Waals surface area contributed by atoms with E-state index in [-0.39, 0.29) is 18.1 Å². The SMILES string of the molecule is Cc1cc(-c2noc(CCC(=O)Nc3ccc(CN4CCSCC4)cc3C)n2)ccc1F. The summed E-state index contributed by atoms with van der Waals surface area (Å²) in [5.74, 6) is 2.77. The number of rotatable bonds is 7. The average molecular weight is 455 g/mol. The fourth-order valence-corrected chi connectivity index (χ4v) is 4.65. The first-order valence-electron chi connectivity index (χ1n) is 10.8. The zero-order valence-corrected chi connectivity index (χ0v) is 19.2. The predicted molar refractivity (Wildman–Crippen MR) is 125 cm³/mol. The third-order valence-electron chi connectivity index (χ3n) is 5.52. The fraction of sp³-hybridized carbons (Fsp3) is 0.375. The number of carbonyl (C=O) groups is 1. The summed E-state index contributed by atoms with van der Waals surface area (Å²) in [4.78, 5) is 19.2. The highest BCUT2D eigenvalue weighted by Gasteiger charge is 2.14. The highest BCUT2D eigenvalue weighted by atomic mass is 32.2. The Kier molecular flexibility index (Phi) is 7.22. The Bertz CT molecular complexity index is 1100. The molecule has 6 nitrogen and oxygen atoms in total. The van der Waals surface area contributed by atoms with Gasteiger partial charge >= 0.3 is 0 Å². The van der Waals surface area contributed by atoms with Crippen molar-refractivity contribution in [3.8, 4) is 11.4 Å². The molecule has 0 spiro atoms. The first-order chi connectivity index (χ1) is 15.5. The molecule has 8 heteroatoms. The van der Waals surface area contributed by atoms with Crippen LogP contribution in [0.5, 0.6) is 0 Å². The summed E-state index contributed by atoms with van der Waals surface area (Å²) in [5.41, 5.74) is 4.34. The van der Waals surface area contributed by atoms with Crippen molar-refractivity contribution in [2.75, 3.05) is 29.9 Å². The number of benzene rings is 2. The molecule has 0 radical (unpaired) electrons. The average Bonchev–Trinajstić information content (AvgIpc) is 3.26. The molecule has 1 aromatic heterocycles. The van der Waals surface area contributed by atoms with Crippen LogP contribution in [0.25, 0.3) is 11.4 Å². The molecule has 4 rings (SSSR count). The van der Waals surface area contributed by atoms with Gasteiger partial charge in [0.25, 0.3) is 0 Å². The maximum atomic E-state index is 13.5. The van der Waals surface area contributed by atoms with Crippen LogP contribution in [0.3, 0.4) is 0 Å². The number of halogens is 1. The van der Waals surface area contributed by atoms with Crippen LogP contribution in [0.2, 0.25) is 0 Å². The minimum Gasteiger partial charge on any atom is -0.339 e. The van der Waals surface area contributed by atoms with Crippen LogP contribution >= 0.6 is 11.8 Å². The van der Waals surface area contributed by atoms with E-state index in [2.05, 4.69) is 32.5 Å². The van der Waals surface area contributed by atoms with Crippen molar-refractivity contribution in [2.45, 2.75) is 33.2 Å². The minimum absolute atomic E-state index is 0.105. The van der Waals surface area contributed by atoms with Crippen LogP contribution in [0, 0.1) is 19.7 Å². The summed E-state index contributed by atoms with van der Waals surface area (Å²) < 4.78 is 18.7. The van der Waals surface area contributed by atoms with E-state index in [1.165, 1.54) is 23.1 Å². The van der Waals surface area contributed by atoms with Crippen LogP contribution < -0.4 is 5.32 Å². The summed E-state index contributed by atoms with van der Waals surface area (Å²) in [6.07, 6.45) is 0.569. The quantitative estimate of drug-likeness (QED) is 0.562. The predicted octanol–water partition coefficient (Wildman–Crippen LogP) is 4.61. The molecule has 0 saturated carbocycles. The number of amides is 1. The maximum Gasteiger partial charge on any atom is 0.227 e. The number of thioether (sulfide) groups is 1. The van der Waals surface area contributed by atoms with Crippen molar-refractivity contribution in [2.24, 2.45) is 0 Å². The van der Waals surface area contributed by atoms with Gasteiger partial charge in [-0.3, -0.25) is 9.69 Å². The molecule has 1 saturated heterocycles. The van der Waals surface area contributed by atoms with Gasteiger partial charge in [-0.15, -0.1) is 0 Å². The topological polar surface area (TPSA) is 71.3 Å². The van der Waals surface area contributed by atoms with E-state index in [0.717, 1.165) is 30.9 Å². The monoisotopic (exact) mass is 454 g/mol. The van der Waals surface area contributed by atoms with Gasteiger partial charge in [-0.25, -0.2) is 4.39 Å². The van der Waals surface area contributed by atoms with Gasteiger partial charge in [0.05, 0.1) is 0 Å². The van der Waals surface area contributed by atoms with Gasteiger partial charge in [0.15, 0.2) is 0 Å². The zero-order chi connectivity index (χ0) is 22.5. The lowest BCUT2D eigenvalue weighted by molar-refractivity contribution is -0.116. The normalized spacial score (nSPS) is 14.5. The number of hydrogen-bond acceptors (Lipinski definition) is 6. The van der Waals surface area contributed by atoms with Gasteiger partial charge < -0.3 is 9.84 Å². The van der Waals surface area contributed by atoms with Crippen LogP contribution in [-0.4, -0.2) is 45.5 Å². The van der Waals surface area contributed by atoms with E-state index in [0.29, 0.717) is 29.3 Å². The molecule has 2 heterocycles. The Morgan fingerprint density at radius 2 is 1.97 bits per heavy atom. The first kappa shape index (κ1) is 22.5. The van der Waals surface area contributed by atoms with Gasteiger partial charge in [-0.05, 0) is 54.8 Å². The van der Waals surface area contributed by atoms with Crippen molar-refractivity contribution in [1.29, 1.82) is 0 Å². The van der Waals surface area contributed by atoms with Crippen molar-refractivity contribution in [3.05, 3.63) is 64.8 Å². The molecule has 168 valence electrons. The summed E-state index contributed by atoms with van der Waals surface area (Å²) in [6, 6.07) is 10.9. The number of anilines is 1. The van der Waals surface area contributed by atoms with Crippen molar-refractivity contribution >= 4 is 23.4 Å². The van der Waals surface area contributed by atoms with Crippen molar-refractivity contribution < 1.29 is 13.7 Å². The highest BCUT2D eigenvalue weighted by molar-refractivity contribution is 7.99. The largest absolute Gasteiger partial charge is 0.339 e.